The highest BCUT2D eigenvalue weighted by atomic mass is 32.2. The van der Waals surface area contributed by atoms with Crippen LogP contribution in [0.25, 0.3) is 0 Å². The second kappa shape index (κ2) is 11.6. The van der Waals surface area contributed by atoms with Crippen LogP contribution in [-0.2, 0) is 27.7 Å². The molecule has 0 unspecified atom stereocenters. The third-order valence-corrected chi connectivity index (χ3v) is 8.32. The summed E-state index contributed by atoms with van der Waals surface area (Å²) >= 11 is 0. The second-order valence-electron chi connectivity index (χ2n) is 9.10. The quantitative estimate of drug-likeness (QED) is 0.498. The molecule has 1 aliphatic heterocycles. The summed E-state index contributed by atoms with van der Waals surface area (Å²) < 4.78 is 33.4. The monoisotopic (exact) mass is 440 g/mol. The van der Waals surface area contributed by atoms with Crippen molar-refractivity contribution in [3.63, 3.8) is 0 Å². The van der Waals surface area contributed by atoms with E-state index in [-0.39, 0.29) is 16.8 Å². The van der Waals surface area contributed by atoms with Crippen molar-refractivity contribution in [2.24, 2.45) is 5.92 Å². The molecule has 7 nitrogen and oxygen atoms in total. The lowest BCUT2D eigenvalue weighted by atomic mass is 9.91. The van der Waals surface area contributed by atoms with Crippen molar-refractivity contribution in [2.75, 3.05) is 52.7 Å². The maximum absolute atomic E-state index is 13.2. The summed E-state index contributed by atoms with van der Waals surface area (Å²) in [6, 6.07) is 0. The summed E-state index contributed by atoms with van der Waals surface area (Å²) in [5.74, 6) is 0.496. The van der Waals surface area contributed by atoms with Crippen LogP contribution < -0.4 is 0 Å². The fraction of sp³-hybridized carbons (Fsp3) is 0.864. The van der Waals surface area contributed by atoms with Gasteiger partial charge in [-0.25, -0.2) is 13.4 Å². The van der Waals surface area contributed by atoms with E-state index in [1.54, 1.807) is 13.3 Å². The SMILES string of the molecule is COCCn1c(CN(C)CCCN2CCCC2)cnc1S(=O)(=O)CC1CCCCC1. The summed E-state index contributed by atoms with van der Waals surface area (Å²) in [5.41, 5.74) is 0.956. The van der Waals surface area contributed by atoms with E-state index < -0.39 is 9.84 Å². The second-order valence-corrected chi connectivity index (χ2v) is 11.0. The highest BCUT2D eigenvalue weighted by Crippen LogP contribution is 2.27. The van der Waals surface area contributed by atoms with Gasteiger partial charge in [0.05, 0.1) is 24.3 Å². The normalized spacial score (nSPS) is 19.2. The van der Waals surface area contributed by atoms with Crippen molar-refractivity contribution in [3.8, 4) is 0 Å². The van der Waals surface area contributed by atoms with Crippen LogP contribution in [0.1, 0.15) is 57.1 Å². The summed E-state index contributed by atoms with van der Waals surface area (Å²) in [4.78, 5) is 9.19. The molecule has 0 radical (unpaired) electrons. The maximum Gasteiger partial charge on any atom is 0.227 e. The molecule has 1 aromatic rings. The van der Waals surface area contributed by atoms with Crippen molar-refractivity contribution in [2.45, 2.75) is 69.6 Å². The van der Waals surface area contributed by atoms with Gasteiger partial charge in [0.2, 0.25) is 15.0 Å². The number of likely N-dealkylation sites (tertiary alicyclic amines) is 1. The zero-order valence-electron chi connectivity index (χ0n) is 18.9. The van der Waals surface area contributed by atoms with Crippen LogP contribution in [0, 0.1) is 5.92 Å². The molecule has 1 aliphatic carbocycles. The highest BCUT2D eigenvalue weighted by molar-refractivity contribution is 7.91. The molecule has 2 aliphatic rings. The first-order valence-electron chi connectivity index (χ1n) is 11.7. The summed E-state index contributed by atoms with van der Waals surface area (Å²) in [7, 11) is 0.362. The van der Waals surface area contributed by atoms with Crippen LogP contribution in [0.4, 0.5) is 0 Å². The Morgan fingerprint density at radius 3 is 2.57 bits per heavy atom. The van der Waals surface area contributed by atoms with Gasteiger partial charge < -0.3 is 19.1 Å². The van der Waals surface area contributed by atoms with Gasteiger partial charge in [-0.15, -0.1) is 0 Å². The molecule has 0 aromatic carbocycles. The highest BCUT2D eigenvalue weighted by Gasteiger charge is 2.28. The number of imidazole rings is 1. The van der Waals surface area contributed by atoms with E-state index in [0.29, 0.717) is 19.7 Å². The average Bonchev–Trinajstić information content (AvgIpc) is 3.37. The average molecular weight is 441 g/mol. The predicted molar refractivity (Wildman–Crippen MR) is 119 cm³/mol. The van der Waals surface area contributed by atoms with Gasteiger partial charge in [-0.1, -0.05) is 19.3 Å². The van der Waals surface area contributed by atoms with E-state index in [4.69, 9.17) is 4.74 Å². The summed E-state index contributed by atoms with van der Waals surface area (Å²) in [6.45, 7) is 6.31. The summed E-state index contributed by atoms with van der Waals surface area (Å²) in [6.07, 6.45) is 11.1. The van der Waals surface area contributed by atoms with Gasteiger partial charge in [0.15, 0.2) is 0 Å². The molecule has 0 bridgehead atoms. The Morgan fingerprint density at radius 1 is 1.13 bits per heavy atom. The standard InChI is InChI=1S/C22H40N4O3S/c1-24(11-8-14-25-12-6-7-13-25)18-21-17-23-22(26(21)15-16-29-2)30(27,28)19-20-9-4-3-5-10-20/h17,20H,3-16,18-19H2,1-2H3. The molecule has 1 saturated carbocycles. The van der Waals surface area contributed by atoms with Gasteiger partial charge in [-0.05, 0) is 71.2 Å². The Balaban J connectivity index is 1.62. The predicted octanol–water partition coefficient (Wildman–Crippen LogP) is 2.80. The lowest BCUT2D eigenvalue weighted by molar-refractivity contribution is 0.181. The number of nitrogens with zero attached hydrogens (tertiary/aromatic N) is 4. The Hall–Kier alpha value is -0.960. The van der Waals surface area contributed by atoms with E-state index in [9.17, 15) is 8.42 Å². The molecule has 30 heavy (non-hydrogen) atoms. The van der Waals surface area contributed by atoms with Crippen LogP contribution in [-0.4, -0.2) is 80.5 Å². The van der Waals surface area contributed by atoms with Crippen molar-refractivity contribution >= 4 is 9.84 Å². The van der Waals surface area contributed by atoms with Gasteiger partial charge in [-0.2, -0.15) is 0 Å². The van der Waals surface area contributed by atoms with Crippen LogP contribution in [0.2, 0.25) is 0 Å². The molecule has 172 valence electrons. The molecular formula is C22H40N4O3S. The van der Waals surface area contributed by atoms with E-state index >= 15 is 0 Å². The van der Waals surface area contributed by atoms with Gasteiger partial charge in [0.1, 0.15) is 0 Å². The van der Waals surface area contributed by atoms with Crippen LogP contribution in [0.5, 0.6) is 0 Å². The zero-order valence-corrected chi connectivity index (χ0v) is 19.7. The van der Waals surface area contributed by atoms with Gasteiger partial charge in [0, 0.05) is 20.2 Å². The topological polar surface area (TPSA) is 67.7 Å². The Kier molecular flexibility index (Phi) is 9.16. The van der Waals surface area contributed by atoms with Crippen LogP contribution >= 0.6 is 0 Å². The molecule has 1 saturated heterocycles. The minimum absolute atomic E-state index is 0.224. The number of hydrogen-bond acceptors (Lipinski definition) is 6. The molecule has 3 rings (SSSR count). The Bertz CT molecular complexity index is 738. The van der Waals surface area contributed by atoms with Crippen molar-refractivity contribution < 1.29 is 13.2 Å². The first kappa shape index (κ1) is 23.7. The lowest BCUT2D eigenvalue weighted by Crippen LogP contribution is -2.27. The first-order chi connectivity index (χ1) is 14.5. The largest absolute Gasteiger partial charge is 0.383 e. The van der Waals surface area contributed by atoms with E-state index in [1.165, 1.54) is 32.4 Å². The molecule has 8 heteroatoms. The third kappa shape index (κ3) is 6.77. The van der Waals surface area contributed by atoms with Crippen molar-refractivity contribution in [1.82, 2.24) is 19.4 Å². The number of aromatic nitrogens is 2. The van der Waals surface area contributed by atoms with E-state index in [0.717, 1.165) is 50.9 Å². The first-order valence-corrected chi connectivity index (χ1v) is 13.3. The van der Waals surface area contributed by atoms with Gasteiger partial charge in [0.25, 0.3) is 0 Å². The number of methoxy groups -OCH3 is 1. The molecule has 0 N–H and O–H groups in total. The van der Waals surface area contributed by atoms with Crippen molar-refractivity contribution in [1.29, 1.82) is 0 Å². The summed E-state index contributed by atoms with van der Waals surface area (Å²) in [5, 5.41) is 0.227. The minimum Gasteiger partial charge on any atom is -0.383 e. The van der Waals surface area contributed by atoms with Gasteiger partial charge in [-0.3, -0.25) is 0 Å². The number of hydrogen-bond donors (Lipinski definition) is 0. The molecule has 0 spiro atoms. The minimum atomic E-state index is -3.39. The Labute approximate surface area is 182 Å². The molecule has 2 heterocycles. The van der Waals surface area contributed by atoms with Crippen LogP contribution in [0.15, 0.2) is 11.4 Å². The maximum atomic E-state index is 13.2. The van der Waals surface area contributed by atoms with Crippen LogP contribution in [0.3, 0.4) is 0 Å². The third-order valence-electron chi connectivity index (χ3n) is 6.52. The van der Waals surface area contributed by atoms with E-state index in [2.05, 4.69) is 21.8 Å². The molecular weight excluding hydrogens is 400 g/mol. The Morgan fingerprint density at radius 2 is 1.87 bits per heavy atom. The molecule has 2 fully saturated rings. The van der Waals surface area contributed by atoms with E-state index in [1.807, 2.05) is 4.57 Å². The van der Waals surface area contributed by atoms with Crippen molar-refractivity contribution in [3.05, 3.63) is 11.9 Å². The fourth-order valence-electron chi connectivity index (χ4n) is 4.85. The molecule has 0 amide bonds. The number of ether oxygens (including phenoxy) is 1. The fourth-order valence-corrected chi connectivity index (χ4v) is 6.71. The number of rotatable bonds is 12. The molecule has 1 aromatic heterocycles. The zero-order chi connectivity index (χ0) is 21.4. The smallest absolute Gasteiger partial charge is 0.227 e. The lowest BCUT2D eigenvalue weighted by Gasteiger charge is -2.22. The molecule has 0 atom stereocenters. The number of sulfone groups is 1. The van der Waals surface area contributed by atoms with Gasteiger partial charge >= 0.3 is 0 Å².